The van der Waals surface area contributed by atoms with Crippen molar-refractivity contribution >= 4 is 5.97 Å². The summed E-state index contributed by atoms with van der Waals surface area (Å²) in [6.07, 6.45) is 1.44. The van der Waals surface area contributed by atoms with Gasteiger partial charge in [-0.05, 0) is 23.6 Å². The van der Waals surface area contributed by atoms with Crippen molar-refractivity contribution in [2.24, 2.45) is 0 Å². The number of aliphatic carboxylic acids is 1. The first-order chi connectivity index (χ1) is 11.2. The maximum atomic E-state index is 11.2. The quantitative estimate of drug-likeness (QED) is 0.780. The van der Waals surface area contributed by atoms with Crippen molar-refractivity contribution in [3.8, 4) is 16.9 Å². The Labute approximate surface area is 137 Å². The van der Waals surface area contributed by atoms with Gasteiger partial charge in [-0.1, -0.05) is 55.8 Å². The fourth-order valence-electron chi connectivity index (χ4n) is 2.54. The molecule has 0 heterocycles. The van der Waals surface area contributed by atoms with Crippen molar-refractivity contribution in [2.75, 3.05) is 7.11 Å². The Balaban J connectivity index is 2.15. The maximum absolute atomic E-state index is 11.2. The lowest BCUT2D eigenvalue weighted by Gasteiger charge is -2.16. The number of carboxylic acids is 1. The van der Waals surface area contributed by atoms with Crippen LogP contribution in [0.15, 0.2) is 48.5 Å². The molecule has 122 valence electrons. The van der Waals surface area contributed by atoms with E-state index in [-0.39, 0.29) is 0 Å². The fourth-order valence-corrected chi connectivity index (χ4v) is 2.54. The minimum absolute atomic E-state index is 0.467. The number of nitrogens with one attached hydrogen (secondary N) is 1. The second-order valence-corrected chi connectivity index (χ2v) is 5.45. The van der Waals surface area contributed by atoms with E-state index in [1.54, 1.807) is 7.11 Å². The molecule has 0 aromatic heterocycles. The van der Waals surface area contributed by atoms with Crippen molar-refractivity contribution in [3.05, 3.63) is 54.1 Å². The van der Waals surface area contributed by atoms with Gasteiger partial charge in [-0.3, -0.25) is 4.79 Å². The molecule has 0 fully saturated rings. The summed E-state index contributed by atoms with van der Waals surface area (Å²) in [5.41, 5.74) is 3.16. The number of hydrogen-bond acceptors (Lipinski definition) is 3. The molecule has 1 atom stereocenters. The smallest absolute Gasteiger partial charge is 0.320 e. The summed E-state index contributed by atoms with van der Waals surface area (Å²) in [6.45, 7) is 2.45. The summed E-state index contributed by atoms with van der Waals surface area (Å²) in [5, 5.41) is 12.3. The average molecular weight is 313 g/mol. The Hall–Kier alpha value is -2.33. The van der Waals surface area contributed by atoms with Gasteiger partial charge >= 0.3 is 5.97 Å². The van der Waals surface area contributed by atoms with Gasteiger partial charge in [0, 0.05) is 12.1 Å². The molecule has 0 radical (unpaired) electrons. The predicted molar refractivity (Wildman–Crippen MR) is 91.6 cm³/mol. The van der Waals surface area contributed by atoms with Gasteiger partial charge in [0.25, 0.3) is 0 Å². The lowest BCUT2D eigenvalue weighted by molar-refractivity contribution is -0.139. The first kappa shape index (κ1) is 17.0. The highest BCUT2D eigenvalue weighted by atomic mass is 16.5. The number of carbonyl (C=O) groups is 1. The summed E-state index contributed by atoms with van der Waals surface area (Å²) in [4.78, 5) is 11.2. The van der Waals surface area contributed by atoms with Gasteiger partial charge in [-0.2, -0.15) is 0 Å². The molecule has 0 amide bonds. The van der Waals surface area contributed by atoms with Crippen molar-refractivity contribution in [3.63, 3.8) is 0 Å². The van der Waals surface area contributed by atoms with Crippen LogP contribution in [0.1, 0.15) is 25.3 Å². The van der Waals surface area contributed by atoms with Crippen LogP contribution >= 0.6 is 0 Å². The van der Waals surface area contributed by atoms with E-state index >= 15 is 0 Å². The Morgan fingerprint density at radius 2 is 1.91 bits per heavy atom. The monoisotopic (exact) mass is 313 g/mol. The van der Waals surface area contributed by atoms with Gasteiger partial charge < -0.3 is 15.2 Å². The topological polar surface area (TPSA) is 58.6 Å². The van der Waals surface area contributed by atoms with Crippen LogP contribution in [0.4, 0.5) is 0 Å². The van der Waals surface area contributed by atoms with Crippen LogP contribution in [0.3, 0.4) is 0 Å². The van der Waals surface area contributed by atoms with E-state index in [0.29, 0.717) is 13.0 Å². The van der Waals surface area contributed by atoms with Crippen LogP contribution in [-0.4, -0.2) is 24.2 Å². The number of rotatable bonds is 8. The molecule has 2 aromatic carbocycles. The van der Waals surface area contributed by atoms with Crippen LogP contribution in [-0.2, 0) is 11.3 Å². The summed E-state index contributed by atoms with van der Waals surface area (Å²) in [5.74, 6) is -0.0498. The first-order valence-electron chi connectivity index (χ1n) is 7.84. The highest BCUT2D eigenvalue weighted by Crippen LogP contribution is 2.27. The first-order valence-corrected chi connectivity index (χ1v) is 7.84. The third-order valence-electron chi connectivity index (χ3n) is 3.81. The Morgan fingerprint density at radius 1 is 1.17 bits per heavy atom. The van der Waals surface area contributed by atoms with Crippen molar-refractivity contribution in [2.45, 2.75) is 32.4 Å². The molecule has 2 rings (SSSR count). The predicted octanol–water partition coefficient (Wildman–Crippen LogP) is 3.71. The lowest BCUT2D eigenvalue weighted by Crippen LogP contribution is -2.36. The maximum Gasteiger partial charge on any atom is 0.320 e. The van der Waals surface area contributed by atoms with Crippen LogP contribution in [0.5, 0.6) is 5.75 Å². The molecule has 1 unspecified atom stereocenters. The average Bonchev–Trinajstić information content (AvgIpc) is 2.59. The van der Waals surface area contributed by atoms with E-state index in [9.17, 15) is 9.90 Å². The Morgan fingerprint density at radius 3 is 2.52 bits per heavy atom. The van der Waals surface area contributed by atoms with E-state index in [1.165, 1.54) is 0 Å². The molecular weight excluding hydrogens is 290 g/mol. The van der Waals surface area contributed by atoms with Crippen molar-refractivity contribution in [1.29, 1.82) is 0 Å². The number of ether oxygens (including phenoxy) is 1. The molecular formula is C19H23NO3. The molecule has 0 aliphatic carbocycles. The second kappa shape index (κ2) is 8.34. The van der Waals surface area contributed by atoms with Crippen LogP contribution in [0.2, 0.25) is 0 Å². The van der Waals surface area contributed by atoms with Crippen LogP contribution in [0, 0.1) is 0 Å². The van der Waals surface area contributed by atoms with Gasteiger partial charge in [-0.15, -0.1) is 0 Å². The van der Waals surface area contributed by atoms with Gasteiger partial charge in [0.15, 0.2) is 0 Å². The number of hydrogen-bond donors (Lipinski definition) is 2. The summed E-state index contributed by atoms with van der Waals surface area (Å²) in [6, 6.07) is 15.6. The standard InChI is InChI=1S/C19H23NO3/c1-3-7-17(19(21)22)20-13-16-11-10-15(12-18(16)23-2)14-8-5-4-6-9-14/h4-6,8-12,17,20H,3,7,13H2,1-2H3,(H,21,22). The minimum Gasteiger partial charge on any atom is -0.496 e. The summed E-state index contributed by atoms with van der Waals surface area (Å²) < 4.78 is 5.47. The summed E-state index contributed by atoms with van der Waals surface area (Å²) in [7, 11) is 1.63. The molecule has 0 saturated carbocycles. The summed E-state index contributed by atoms with van der Waals surface area (Å²) >= 11 is 0. The molecule has 0 aliphatic rings. The van der Waals surface area contributed by atoms with Crippen molar-refractivity contribution < 1.29 is 14.6 Å². The van der Waals surface area contributed by atoms with Gasteiger partial charge in [0.05, 0.1) is 7.11 Å². The fraction of sp³-hybridized carbons (Fsp3) is 0.316. The zero-order valence-electron chi connectivity index (χ0n) is 13.6. The Kier molecular flexibility index (Phi) is 6.18. The lowest BCUT2D eigenvalue weighted by atomic mass is 10.0. The third kappa shape index (κ3) is 4.57. The van der Waals surface area contributed by atoms with E-state index < -0.39 is 12.0 Å². The minimum atomic E-state index is -0.813. The van der Waals surface area contributed by atoms with Gasteiger partial charge in [-0.25, -0.2) is 0 Å². The Bertz CT molecular complexity index is 640. The molecule has 0 aliphatic heterocycles. The number of carboxylic acid groups (broad SMARTS) is 1. The highest BCUT2D eigenvalue weighted by molar-refractivity contribution is 5.73. The molecule has 0 bridgehead atoms. The highest BCUT2D eigenvalue weighted by Gasteiger charge is 2.16. The SMILES string of the molecule is CCCC(NCc1ccc(-c2ccccc2)cc1OC)C(=O)O. The van der Waals surface area contributed by atoms with E-state index in [2.05, 4.69) is 17.4 Å². The van der Waals surface area contributed by atoms with Crippen LogP contribution in [0.25, 0.3) is 11.1 Å². The molecule has 0 spiro atoms. The zero-order chi connectivity index (χ0) is 16.7. The molecule has 2 aromatic rings. The molecule has 2 N–H and O–H groups in total. The van der Waals surface area contributed by atoms with E-state index in [1.807, 2.05) is 43.3 Å². The largest absolute Gasteiger partial charge is 0.496 e. The van der Waals surface area contributed by atoms with E-state index in [4.69, 9.17) is 4.74 Å². The zero-order valence-corrected chi connectivity index (χ0v) is 13.6. The number of benzene rings is 2. The second-order valence-electron chi connectivity index (χ2n) is 5.45. The van der Waals surface area contributed by atoms with Crippen molar-refractivity contribution in [1.82, 2.24) is 5.32 Å². The van der Waals surface area contributed by atoms with E-state index in [0.717, 1.165) is 28.9 Å². The normalized spacial score (nSPS) is 11.9. The van der Waals surface area contributed by atoms with Crippen LogP contribution < -0.4 is 10.1 Å². The molecule has 4 heteroatoms. The third-order valence-corrected chi connectivity index (χ3v) is 3.81. The van der Waals surface area contributed by atoms with Gasteiger partial charge in [0.1, 0.15) is 11.8 Å². The molecule has 0 saturated heterocycles. The molecule has 4 nitrogen and oxygen atoms in total. The molecule has 23 heavy (non-hydrogen) atoms. The number of methoxy groups -OCH3 is 1. The van der Waals surface area contributed by atoms with Gasteiger partial charge in [0.2, 0.25) is 0 Å².